The van der Waals surface area contributed by atoms with Crippen molar-refractivity contribution in [1.29, 1.82) is 0 Å². The van der Waals surface area contributed by atoms with E-state index in [0.29, 0.717) is 11.1 Å². The van der Waals surface area contributed by atoms with Crippen molar-refractivity contribution in [3.05, 3.63) is 52.8 Å². The summed E-state index contributed by atoms with van der Waals surface area (Å²) in [5.74, 6) is -1.40. The van der Waals surface area contributed by atoms with Gasteiger partial charge < -0.3 is 9.84 Å². The molecule has 0 unspecified atom stereocenters. The molecular weight excluding hydrogens is 283 g/mol. The normalized spacial score (nSPS) is 10.3. The molecule has 5 heteroatoms. The highest BCUT2D eigenvalue weighted by Crippen LogP contribution is 2.30. The lowest BCUT2D eigenvalue weighted by atomic mass is 10.0. The smallest absolute Gasteiger partial charge is 0.341 e. The van der Waals surface area contributed by atoms with Crippen LogP contribution in [0.1, 0.15) is 17.3 Å². The zero-order chi connectivity index (χ0) is 14.7. The van der Waals surface area contributed by atoms with Crippen molar-refractivity contribution in [2.45, 2.75) is 6.92 Å². The Hall–Kier alpha value is -2.07. The van der Waals surface area contributed by atoms with E-state index in [0.717, 1.165) is 0 Å². The maximum Gasteiger partial charge on any atom is 0.341 e. The predicted octanol–water partition coefficient (Wildman–Crippen LogP) is 4.03. The number of ether oxygens (including phenoxy) is 1. The van der Waals surface area contributed by atoms with Crippen LogP contribution in [0.25, 0.3) is 11.1 Å². The lowest BCUT2D eigenvalue weighted by molar-refractivity contribution is 0.0521. The zero-order valence-electron chi connectivity index (χ0n) is 10.7. The highest BCUT2D eigenvalue weighted by molar-refractivity contribution is 6.32. The average Bonchev–Trinajstić information content (AvgIpc) is 2.42. The number of halogens is 2. The molecule has 104 valence electrons. The van der Waals surface area contributed by atoms with Crippen molar-refractivity contribution in [1.82, 2.24) is 0 Å². The van der Waals surface area contributed by atoms with Crippen LogP contribution in [0.4, 0.5) is 4.39 Å². The van der Waals surface area contributed by atoms with Gasteiger partial charge in [-0.1, -0.05) is 23.7 Å². The number of esters is 1. The van der Waals surface area contributed by atoms with Gasteiger partial charge in [-0.05, 0) is 42.3 Å². The van der Waals surface area contributed by atoms with Crippen molar-refractivity contribution in [3.8, 4) is 16.9 Å². The summed E-state index contributed by atoms with van der Waals surface area (Å²) in [7, 11) is 0. The van der Waals surface area contributed by atoms with Gasteiger partial charge in [0.05, 0.1) is 17.2 Å². The quantitative estimate of drug-likeness (QED) is 0.869. The summed E-state index contributed by atoms with van der Waals surface area (Å²) in [6.07, 6.45) is 0. The third-order valence-electron chi connectivity index (χ3n) is 2.75. The minimum absolute atomic E-state index is 0.0426. The topological polar surface area (TPSA) is 46.5 Å². The minimum Gasteiger partial charge on any atom is -0.506 e. The first-order chi connectivity index (χ1) is 9.52. The number of hydrogen-bond acceptors (Lipinski definition) is 3. The molecule has 0 bridgehead atoms. The maximum absolute atomic E-state index is 13.9. The zero-order valence-corrected chi connectivity index (χ0v) is 11.4. The molecule has 0 radical (unpaired) electrons. The minimum atomic E-state index is -0.694. The molecule has 1 N–H and O–H groups in total. The van der Waals surface area contributed by atoms with E-state index in [9.17, 15) is 14.3 Å². The Balaban J connectivity index is 2.37. The Morgan fingerprint density at radius 1 is 1.25 bits per heavy atom. The fourth-order valence-electron chi connectivity index (χ4n) is 1.76. The van der Waals surface area contributed by atoms with Crippen LogP contribution < -0.4 is 0 Å². The van der Waals surface area contributed by atoms with Crippen molar-refractivity contribution in [2.75, 3.05) is 6.61 Å². The van der Waals surface area contributed by atoms with E-state index >= 15 is 0 Å². The monoisotopic (exact) mass is 294 g/mol. The van der Waals surface area contributed by atoms with E-state index in [1.807, 2.05) is 0 Å². The van der Waals surface area contributed by atoms with Crippen molar-refractivity contribution >= 4 is 17.6 Å². The van der Waals surface area contributed by atoms with Gasteiger partial charge in [0, 0.05) is 0 Å². The van der Waals surface area contributed by atoms with E-state index in [4.69, 9.17) is 16.3 Å². The number of hydrogen-bond donors (Lipinski definition) is 1. The fourth-order valence-corrected chi connectivity index (χ4v) is 1.94. The van der Waals surface area contributed by atoms with Gasteiger partial charge in [-0.15, -0.1) is 0 Å². The van der Waals surface area contributed by atoms with Crippen LogP contribution in [-0.4, -0.2) is 17.7 Å². The standard InChI is InChI=1S/C15H12ClFO3/c1-2-20-15(19)11-5-3-10(8-13(11)17)9-4-6-14(18)12(16)7-9/h3-8,18H,2H2,1H3. The van der Waals surface area contributed by atoms with Crippen molar-refractivity contribution in [2.24, 2.45) is 0 Å². The lowest BCUT2D eigenvalue weighted by Gasteiger charge is -2.07. The Morgan fingerprint density at radius 3 is 2.50 bits per heavy atom. The molecule has 0 aliphatic rings. The second-order valence-corrected chi connectivity index (χ2v) is 4.49. The molecule has 0 atom stereocenters. The van der Waals surface area contributed by atoms with Gasteiger partial charge in [0.25, 0.3) is 0 Å². The highest BCUT2D eigenvalue weighted by atomic mass is 35.5. The molecule has 2 aromatic carbocycles. The van der Waals surface area contributed by atoms with E-state index in [1.54, 1.807) is 19.1 Å². The van der Waals surface area contributed by atoms with Gasteiger partial charge in [0.1, 0.15) is 11.6 Å². The molecule has 3 nitrogen and oxygen atoms in total. The third-order valence-corrected chi connectivity index (χ3v) is 3.05. The number of carbonyl (C=O) groups excluding carboxylic acids is 1. The molecule has 0 spiro atoms. The SMILES string of the molecule is CCOC(=O)c1ccc(-c2ccc(O)c(Cl)c2)cc1F. The van der Waals surface area contributed by atoms with E-state index in [2.05, 4.69) is 0 Å². The highest BCUT2D eigenvalue weighted by Gasteiger charge is 2.14. The first-order valence-electron chi connectivity index (χ1n) is 5.98. The van der Waals surface area contributed by atoms with Crippen LogP contribution >= 0.6 is 11.6 Å². The van der Waals surface area contributed by atoms with E-state index in [1.165, 1.54) is 24.3 Å². The summed E-state index contributed by atoms with van der Waals surface area (Å²) in [5, 5.41) is 9.53. The first kappa shape index (κ1) is 14.3. The summed E-state index contributed by atoms with van der Waals surface area (Å²) >= 11 is 5.81. The number of carbonyl (C=O) groups is 1. The molecule has 20 heavy (non-hydrogen) atoms. The number of benzene rings is 2. The third kappa shape index (κ3) is 2.91. The fraction of sp³-hybridized carbons (Fsp3) is 0.133. The molecule has 0 aliphatic carbocycles. The van der Waals surface area contributed by atoms with Crippen LogP contribution in [0.5, 0.6) is 5.75 Å². The molecule has 0 aromatic heterocycles. The van der Waals surface area contributed by atoms with Gasteiger partial charge in [0.15, 0.2) is 0 Å². The number of phenols is 1. The van der Waals surface area contributed by atoms with Gasteiger partial charge >= 0.3 is 5.97 Å². The lowest BCUT2D eigenvalue weighted by Crippen LogP contribution is -2.07. The molecule has 0 saturated heterocycles. The summed E-state index contributed by atoms with van der Waals surface area (Å²) in [4.78, 5) is 11.5. The Bertz CT molecular complexity index is 656. The molecule has 0 aliphatic heterocycles. The average molecular weight is 295 g/mol. The second-order valence-electron chi connectivity index (χ2n) is 4.08. The van der Waals surface area contributed by atoms with Crippen molar-refractivity contribution in [3.63, 3.8) is 0 Å². The summed E-state index contributed by atoms with van der Waals surface area (Å²) in [6.45, 7) is 1.84. The van der Waals surface area contributed by atoms with Gasteiger partial charge in [-0.2, -0.15) is 0 Å². The number of rotatable bonds is 3. The molecule has 2 rings (SSSR count). The molecule has 0 saturated carbocycles. The van der Waals surface area contributed by atoms with Gasteiger partial charge in [-0.3, -0.25) is 0 Å². The largest absolute Gasteiger partial charge is 0.506 e. The molecule has 2 aromatic rings. The molecular formula is C15H12ClFO3. The van der Waals surface area contributed by atoms with Gasteiger partial charge in [-0.25, -0.2) is 9.18 Å². The molecule has 0 heterocycles. The van der Waals surface area contributed by atoms with Crippen LogP contribution in [0, 0.1) is 5.82 Å². The molecule has 0 fully saturated rings. The number of aromatic hydroxyl groups is 1. The summed E-state index contributed by atoms with van der Waals surface area (Å²) < 4.78 is 18.7. The van der Waals surface area contributed by atoms with Crippen LogP contribution in [0.15, 0.2) is 36.4 Å². The van der Waals surface area contributed by atoms with Crippen LogP contribution in [0.3, 0.4) is 0 Å². The summed E-state index contributed by atoms with van der Waals surface area (Å²) in [6, 6.07) is 8.75. The van der Waals surface area contributed by atoms with Gasteiger partial charge in [0.2, 0.25) is 0 Å². The first-order valence-corrected chi connectivity index (χ1v) is 6.36. The molecule has 0 amide bonds. The van der Waals surface area contributed by atoms with E-state index < -0.39 is 11.8 Å². The van der Waals surface area contributed by atoms with Crippen molar-refractivity contribution < 1.29 is 19.0 Å². The Kier molecular flexibility index (Phi) is 4.25. The maximum atomic E-state index is 13.9. The van der Waals surface area contributed by atoms with E-state index in [-0.39, 0.29) is 22.9 Å². The second kappa shape index (κ2) is 5.92. The Morgan fingerprint density at radius 2 is 1.90 bits per heavy atom. The number of phenolic OH excluding ortho intramolecular Hbond substituents is 1. The summed E-state index contributed by atoms with van der Waals surface area (Å²) in [5.41, 5.74) is 1.08. The van der Waals surface area contributed by atoms with Crippen LogP contribution in [-0.2, 0) is 4.74 Å². The Labute approximate surface area is 120 Å². The van der Waals surface area contributed by atoms with Crippen LogP contribution in [0.2, 0.25) is 5.02 Å². The predicted molar refractivity (Wildman–Crippen MR) is 74.5 cm³/mol.